The quantitative estimate of drug-likeness (QED) is 0.0914. The minimum Gasteiger partial charge on any atom is -0.493 e. The monoisotopic (exact) mass is 719 g/mol. The Kier molecular flexibility index (Phi) is 13.7. The molecular formula is C43H50ClN5O3. The third kappa shape index (κ3) is 9.90. The van der Waals surface area contributed by atoms with Crippen LogP contribution in [0.3, 0.4) is 0 Å². The lowest BCUT2D eigenvalue weighted by Gasteiger charge is -2.20. The minimum absolute atomic E-state index is 0. The van der Waals surface area contributed by atoms with E-state index < -0.39 is 0 Å². The number of nitrogens with two attached hydrogens (primary N) is 1. The first-order valence-corrected chi connectivity index (χ1v) is 18.1. The molecule has 0 aliphatic carbocycles. The van der Waals surface area contributed by atoms with Gasteiger partial charge in [0.1, 0.15) is 23.8 Å². The van der Waals surface area contributed by atoms with Gasteiger partial charge < -0.3 is 20.5 Å². The standard InChI is InChI=1S/C43H49N5O3.ClH/c1-30(2)23-25-50-39-21-19-33-10-4-6-13-37(33)42(39)43-38-14-7-5-11-34(38)20-22-40(43)51-29-36-28-48(47-46-36)27-35(12-8-9-24-44)45-41(49)26-32-17-15-31(3)16-18-32;/h4-7,10-11,13-22,28,30,35H,8-9,12,23-27,29,44H2,1-3H3,(H,45,49);1H/t35-;/m1./s1. The van der Waals surface area contributed by atoms with Crippen LogP contribution in [0.15, 0.2) is 103 Å². The number of hydrogen-bond acceptors (Lipinski definition) is 6. The van der Waals surface area contributed by atoms with Crippen LogP contribution in [0.25, 0.3) is 32.7 Å². The number of unbranched alkanes of at least 4 members (excludes halogenated alkanes) is 1. The number of rotatable bonds is 17. The Balaban J connectivity index is 0.00000523. The number of aromatic nitrogens is 3. The van der Waals surface area contributed by atoms with Crippen molar-refractivity contribution < 1.29 is 14.3 Å². The Bertz CT molecular complexity index is 2060. The summed E-state index contributed by atoms with van der Waals surface area (Å²) in [6.45, 7) is 8.46. The first-order valence-electron chi connectivity index (χ1n) is 18.1. The smallest absolute Gasteiger partial charge is 0.224 e. The number of nitrogens with one attached hydrogen (secondary N) is 1. The van der Waals surface area contributed by atoms with Crippen molar-refractivity contribution in [3.8, 4) is 22.6 Å². The summed E-state index contributed by atoms with van der Waals surface area (Å²) in [4.78, 5) is 13.0. The van der Waals surface area contributed by atoms with Crippen molar-refractivity contribution in [1.29, 1.82) is 0 Å². The van der Waals surface area contributed by atoms with Crippen molar-refractivity contribution >= 4 is 39.9 Å². The first-order chi connectivity index (χ1) is 24.9. The fourth-order valence-corrected chi connectivity index (χ4v) is 6.45. The number of benzene rings is 5. The zero-order valence-electron chi connectivity index (χ0n) is 30.4. The van der Waals surface area contributed by atoms with Gasteiger partial charge in [0.2, 0.25) is 5.91 Å². The van der Waals surface area contributed by atoms with Gasteiger partial charge in [-0.2, -0.15) is 0 Å². The van der Waals surface area contributed by atoms with Crippen molar-refractivity contribution in [1.82, 2.24) is 20.3 Å². The Morgan fingerprint density at radius 1 is 0.808 bits per heavy atom. The van der Waals surface area contributed by atoms with Crippen LogP contribution in [0.1, 0.15) is 56.4 Å². The van der Waals surface area contributed by atoms with Gasteiger partial charge in [-0.25, -0.2) is 0 Å². The third-order valence-electron chi connectivity index (χ3n) is 9.21. The van der Waals surface area contributed by atoms with E-state index in [2.05, 4.69) is 96.2 Å². The number of nitrogens with zero attached hydrogens (tertiary/aromatic N) is 3. The summed E-state index contributed by atoms with van der Waals surface area (Å²) in [5, 5.41) is 16.6. The number of aryl methyl sites for hydroxylation is 1. The topological polar surface area (TPSA) is 104 Å². The van der Waals surface area contributed by atoms with Crippen molar-refractivity contribution in [3.63, 3.8) is 0 Å². The lowest BCUT2D eigenvalue weighted by Crippen LogP contribution is -2.39. The van der Waals surface area contributed by atoms with Crippen molar-refractivity contribution in [2.75, 3.05) is 13.2 Å². The van der Waals surface area contributed by atoms with Crippen molar-refractivity contribution in [3.05, 3.63) is 120 Å². The average Bonchev–Trinajstić information content (AvgIpc) is 3.58. The molecule has 0 bridgehead atoms. The highest BCUT2D eigenvalue weighted by atomic mass is 35.5. The second kappa shape index (κ2) is 18.5. The molecule has 0 radical (unpaired) electrons. The third-order valence-corrected chi connectivity index (χ3v) is 9.21. The molecule has 6 aromatic rings. The summed E-state index contributed by atoms with van der Waals surface area (Å²) in [5.41, 5.74) is 10.7. The number of fused-ring (bicyclic) bond motifs is 2. The normalized spacial score (nSPS) is 11.8. The fraction of sp³-hybridized carbons (Fsp3) is 0.326. The largest absolute Gasteiger partial charge is 0.493 e. The van der Waals surface area contributed by atoms with Gasteiger partial charge >= 0.3 is 0 Å². The lowest BCUT2D eigenvalue weighted by molar-refractivity contribution is -0.121. The van der Waals surface area contributed by atoms with E-state index in [-0.39, 0.29) is 31.0 Å². The average molecular weight is 720 g/mol. The SMILES string of the molecule is Cc1ccc(CC(=O)N[C@H](CCCCN)Cn2cc(COc3ccc4ccccc4c3-c3c(OCCC(C)C)ccc4ccccc34)nn2)cc1.Cl. The zero-order chi connectivity index (χ0) is 35.6. The second-order valence-corrected chi connectivity index (χ2v) is 13.8. The number of hydrogen-bond donors (Lipinski definition) is 2. The van der Waals surface area contributed by atoms with Gasteiger partial charge in [0.15, 0.2) is 0 Å². The molecule has 0 saturated heterocycles. The Morgan fingerprint density at radius 2 is 1.44 bits per heavy atom. The van der Waals surface area contributed by atoms with Gasteiger partial charge in [-0.3, -0.25) is 9.48 Å². The second-order valence-electron chi connectivity index (χ2n) is 13.8. The van der Waals surface area contributed by atoms with Gasteiger partial charge in [0.25, 0.3) is 0 Å². The van der Waals surface area contributed by atoms with E-state index in [0.717, 1.165) is 75.4 Å². The molecule has 0 unspecified atom stereocenters. The van der Waals surface area contributed by atoms with Crippen LogP contribution in [-0.2, 0) is 24.4 Å². The van der Waals surface area contributed by atoms with Gasteiger partial charge in [-0.15, -0.1) is 17.5 Å². The van der Waals surface area contributed by atoms with E-state index in [1.807, 2.05) is 43.5 Å². The first kappa shape index (κ1) is 38.3. The summed E-state index contributed by atoms with van der Waals surface area (Å²) < 4.78 is 14.9. The number of carbonyl (C=O) groups is 1. The van der Waals surface area contributed by atoms with E-state index >= 15 is 0 Å². The molecule has 0 saturated carbocycles. The molecule has 1 aromatic heterocycles. The highest BCUT2D eigenvalue weighted by Crippen LogP contribution is 2.45. The zero-order valence-corrected chi connectivity index (χ0v) is 31.2. The molecular weight excluding hydrogens is 670 g/mol. The van der Waals surface area contributed by atoms with Gasteiger partial charge in [-0.05, 0) is 77.9 Å². The van der Waals surface area contributed by atoms with E-state index in [1.165, 1.54) is 5.56 Å². The summed E-state index contributed by atoms with van der Waals surface area (Å²) in [6.07, 6.45) is 5.82. The van der Waals surface area contributed by atoms with Gasteiger partial charge in [0, 0.05) is 17.2 Å². The van der Waals surface area contributed by atoms with Crippen molar-refractivity contribution in [2.24, 2.45) is 11.7 Å². The predicted molar refractivity (Wildman–Crippen MR) is 213 cm³/mol. The molecule has 5 aromatic carbocycles. The van der Waals surface area contributed by atoms with E-state index in [4.69, 9.17) is 15.2 Å². The summed E-state index contributed by atoms with van der Waals surface area (Å²) >= 11 is 0. The molecule has 0 spiro atoms. The summed E-state index contributed by atoms with van der Waals surface area (Å²) in [5.74, 6) is 2.11. The molecule has 8 nitrogen and oxygen atoms in total. The molecule has 9 heteroatoms. The Hall–Kier alpha value is -4.92. The Morgan fingerprint density at radius 3 is 2.08 bits per heavy atom. The summed E-state index contributed by atoms with van der Waals surface area (Å²) in [7, 11) is 0. The van der Waals surface area contributed by atoms with Crippen LogP contribution in [0.2, 0.25) is 0 Å². The molecule has 3 N–H and O–H groups in total. The number of halogens is 1. The lowest BCUT2D eigenvalue weighted by atomic mass is 9.92. The summed E-state index contributed by atoms with van der Waals surface area (Å²) in [6, 6.07) is 33.1. The van der Waals surface area contributed by atoms with Crippen LogP contribution in [0.5, 0.6) is 11.5 Å². The molecule has 0 aliphatic heterocycles. The number of ether oxygens (including phenoxy) is 2. The molecule has 0 fully saturated rings. The highest BCUT2D eigenvalue weighted by Gasteiger charge is 2.20. The van der Waals surface area contributed by atoms with Crippen LogP contribution in [0.4, 0.5) is 0 Å². The molecule has 52 heavy (non-hydrogen) atoms. The van der Waals surface area contributed by atoms with Crippen LogP contribution < -0.4 is 20.5 Å². The van der Waals surface area contributed by atoms with E-state index in [1.54, 1.807) is 4.68 Å². The number of amides is 1. The number of carbonyl (C=O) groups excluding carboxylic acids is 1. The molecule has 6 rings (SSSR count). The van der Waals surface area contributed by atoms with Crippen LogP contribution in [-0.4, -0.2) is 40.1 Å². The van der Waals surface area contributed by atoms with E-state index in [0.29, 0.717) is 37.7 Å². The predicted octanol–water partition coefficient (Wildman–Crippen LogP) is 8.84. The van der Waals surface area contributed by atoms with Crippen LogP contribution >= 0.6 is 12.4 Å². The Labute approximate surface area is 313 Å². The maximum Gasteiger partial charge on any atom is 0.224 e. The van der Waals surface area contributed by atoms with Crippen LogP contribution in [0, 0.1) is 12.8 Å². The highest BCUT2D eigenvalue weighted by molar-refractivity contribution is 6.09. The molecule has 1 amide bonds. The van der Waals surface area contributed by atoms with Gasteiger partial charge in [0.05, 0.1) is 25.8 Å². The molecule has 1 heterocycles. The van der Waals surface area contributed by atoms with E-state index in [9.17, 15) is 4.79 Å². The maximum absolute atomic E-state index is 13.0. The fourth-order valence-electron chi connectivity index (χ4n) is 6.45. The van der Waals surface area contributed by atoms with Gasteiger partial charge in [-0.1, -0.05) is 116 Å². The molecule has 272 valence electrons. The maximum atomic E-state index is 13.0. The minimum atomic E-state index is -0.0995. The molecule has 0 aliphatic rings. The molecule has 1 atom stereocenters. The van der Waals surface area contributed by atoms with Crippen molar-refractivity contribution in [2.45, 2.75) is 72.1 Å².